The maximum absolute atomic E-state index is 5.54. The Labute approximate surface area is 109 Å². The van der Waals surface area contributed by atoms with Gasteiger partial charge >= 0.3 is 0 Å². The molecule has 1 N–H and O–H groups in total. The number of aryl methyl sites for hydroxylation is 1. The van der Waals surface area contributed by atoms with E-state index in [9.17, 15) is 0 Å². The van der Waals surface area contributed by atoms with Crippen molar-refractivity contribution in [2.75, 3.05) is 6.54 Å². The molecule has 1 atom stereocenters. The van der Waals surface area contributed by atoms with E-state index in [1.807, 2.05) is 25.4 Å². The molecule has 2 aromatic heterocycles. The molecule has 0 spiro atoms. The highest BCUT2D eigenvalue weighted by molar-refractivity contribution is 9.10. The fourth-order valence-corrected chi connectivity index (χ4v) is 2.24. The Morgan fingerprint density at radius 3 is 2.88 bits per heavy atom. The van der Waals surface area contributed by atoms with Gasteiger partial charge in [-0.1, -0.05) is 13.0 Å². The Kier molecular flexibility index (Phi) is 3.97. The lowest BCUT2D eigenvalue weighted by Gasteiger charge is -2.16. The van der Waals surface area contributed by atoms with Crippen molar-refractivity contribution in [3.8, 4) is 0 Å². The third kappa shape index (κ3) is 2.76. The van der Waals surface area contributed by atoms with Gasteiger partial charge in [0.05, 0.1) is 16.8 Å². The Morgan fingerprint density at radius 1 is 1.47 bits per heavy atom. The number of nitrogens with zero attached hydrogens (tertiary/aromatic N) is 1. The average molecular weight is 295 g/mol. The number of nitrogens with one attached hydrogen (secondary N) is 1. The van der Waals surface area contributed by atoms with Crippen molar-refractivity contribution >= 4 is 15.9 Å². The number of furan rings is 1. The molecule has 0 amide bonds. The van der Waals surface area contributed by atoms with Crippen molar-refractivity contribution in [2.45, 2.75) is 19.9 Å². The van der Waals surface area contributed by atoms with Gasteiger partial charge in [-0.05, 0) is 46.6 Å². The second kappa shape index (κ2) is 5.47. The summed E-state index contributed by atoms with van der Waals surface area (Å²) in [4.78, 5) is 4.23. The fraction of sp³-hybridized carbons (Fsp3) is 0.308. The number of hydrogen-bond donors (Lipinski definition) is 1. The summed E-state index contributed by atoms with van der Waals surface area (Å²) in [5.41, 5.74) is 2.26. The first-order valence-corrected chi connectivity index (χ1v) is 6.39. The molecule has 1 unspecified atom stereocenters. The van der Waals surface area contributed by atoms with Gasteiger partial charge in [-0.25, -0.2) is 0 Å². The molecule has 2 heterocycles. The molecule has 17 heavy (non-hydrogen) atoms. The van der Waals surface area contributed by atoms with Crippen LogP contribution in [0.1, 0.15) is 29.9 Å². The van der Waals surface area contributed by atoms with Gasteiger partial charge in [0.15, 0.2) is 0 Å². The maximum Gasteiger partial charge on any atom is 0.139 e. The van der Waals surface area contributed by atoms with Crippen molar-refractivity contribution in [1.82, 2.24) is 10.3 Å². The Hall–Kier alpha value is -1.13. The van der Waals surface area contributed by atoms with Gasteiger partial charge in [-0.3, -0.25) is 4.98 Å². The normalized spacial score (nSPS) is 12.6. The van der Waals surface area contributed by atoms with Crippen LogP contribution in [0.2, 0.25) is 0 Å². The predicted octanol–water partition coefficient (Wildman–Crippen LogP) is 3.44. The fourth-order valence-electron chi connectivity index (χ4n) is 1.81. The van der Waals surface area contributed by atoms with Crippen LogP contribution in [0, 0.1) is 6.92 Å². The number of aromatic nitrogens is 1. The van der Waals surface area contributed by atoms with Crippen LogP contribution in [-0.2, 0) is 0 Å². The molecule has 0 saturated heterocycles. The summed E-state index contributed by atoms with van der Waals surface area (Å²) in [6.45, 7) is 4.98. The third-order valence-corrected chi connectivity index (χ3v) is 3.20. The van der Waals surface area contributed by atoms with Gasteiger partial charge < -0.3 is 9.73 Å². The van der Waals surface area contributed by atoms with Crippen LogP contribution in [0.5, 0.6) is 0 Å². The molecule has 3 nitrogen and oxygen atoms in total. The van der Waals surface area contributed by atoms with Crippen molar-refractivity contribution in [3.63, 3.8) is 0 Å². The lowest BCUT2D eigenvalue weighted by atomic mass is 10.1. The molecule has 2 aromatic rings. The molecule has 0 aliphatic carbocycles. The molecule has 0 aliphatic rings. The first-order chi connectivity index (χ1) is 8.22. The van der Waals surface area contributed by atoms with Crippen LogP contribution in [0.4, 0.5) is 0 Å². The number of halogens is 1. The molecular weight excluding hydrogens is 280 g/mol. The SMILES string of the molecule is CCNC(c1cncc(C)c1)c1occc1Br. The summed E-state index contributed by atoms with van der Waals surface area (Å²) >= 11 is 3.50. The van der Waals surface area contributed by atoms with E-state index >= 15 is 0 Å². The molecule has 0 bridgehead atoms. The van der Waals surface area contributed by atoms with E-state index in [2.05, 4.69) is 39.2 Å². The molecule has 4 heteroatoms. The molecule has 0 saturated carbocycles. The zero-order valence-electron chi connectivity index (χ0n) is 9.90. The molecule has 0 radical (unpaired) electrons. The second-order valence-corrected chi connectivity index (χ2v) is 4.77. The quantitative estimate of drug-likeness (QED) is 0.939. The Morgan fingerprint density at radius 2 is 2.29 bits per heavy atom. The van der Waals surface area contributed by atoms with Gasteiger partial charge in [0.2, 0.25) is 0 Å². The van der Waals surface area contributed by atoms with Crippen LogP contribution in [0.25, 0.3) is 0 Å². The minimum Gasteiger partial charge on any atom is -0.466 e. The lowest BCUT2D eigenvalue weighted by Crippen LogP contribution is -2.22. The standard InChI is InChI=1S/C13H15BrN2O/c1-3-16-12(13-11(14)4-5-17-13)10-6-9(2)7-15-8-10/h4-8,12,16H,3H2,1-2H3. The minimum atomic E-state index is 0.0387. The molecule has 0 aromatic carbocycles. The zero-order chi connectivity index (χ0) is 12.3. The van der Waals surface area contributed by atoms with Gasteiger partial charge in [-0.2, -0.15) is 0 Å². The van der Waals surface area contributed by atoms with Crippen molar-refractivity contribution in [2.24, 2.45) is 0 Å². The first kappa shape index (κ1) is 12.3. The van der Waals surface area contributed by atoms with Crippen molar-refractivity contribution in [3.05, 3.63) is 52.1 Å². The predicted molar refractivity (Wildman–Crippen MR) is 70.9 cm³/mol. The Balaban J connectivity index is 2.39. The van der Waals surface area contributed by atoms with Crippen molar-refractivity contribution < 1.29 is 4.42 Å². The number of hydrogen-bond acceptors (Lipinski definition) is 3. The molecule has 0 aliphatic heterocycles. The Bertz CT molecular complexity index is 496. The summed E-state index contributed by atoms with van der Waals surface area (Å²) in [5, 5.41) is 3.41. The zero-order valence-corrected chi connectivity index (χ0v) is 11.5. The van der Waals surface area contributed by atoms with Crippen LogP contribution in [0.3, 0.4) is 0 Å². The van der Waals surface area contributed by atoms with E-state index in [4.69, 9.17) is 4.42 Å². The van der Waals surface area contributed by atoms with Crippen molar-refractivity contribution in [1.29, 1.82) is 0 Å². The monoisotopic (exact) mass is 294 g/mol. The van der Waals surface area contributed by atoms with Crippen LogP contribution < -0.4 is 5.32 Å². The smallest absolute Gasteiger partial charge is 0.139 e. The van der Waals surface area contributed by atoms with E-state index in [0.717, 1.165) is 27.9 Å². The average Bonchev–Trinajstić information content (AvgIpc) is 2.72. The second-order valence-electron chi connectivity index (χ2n) is 3.92. The minimum absolute atomic E-state index is 0.0387. The summed E-state index contributed by atoms with van der Waals surface area (Å²) < 4.78 is 6.51. The molecule has 0 fully saturated rings. The third-order valence-electron chi connectivity index (χ3n) is 2.54. The highest BCUT2D eigenvalue weighted by atomic mass is 79.9. The van der Waals surface area contributed by atoms with E-state index in [1.165, 1.54) is 0 Å². The lowest BCUT2D eigenvalue weighted by molar-refractivity contribution is 0.449. The number of rotatable bonds is 4. The van der Waals surface area contributed by atoms with Gasteiger partial charge in [0, 0.05) is 12.4 Å². The van der Waals surface area contributed by atoms with E-state index in [0.29, 0.717) is 0 Å². The summed E-state index contributed by atoms with van der Waals surface area (Å²) in [5.74, 6) is 0.888. The molecule has 2 rings (SSSR count). The summed E-state index contributed by atoms with van der Waals surface area (Å²) in [6, 6.07) is 4.06. The van der Waals surface area contributed by atoms with Crippen LogP contribution >= 0.6 is 15.9 Å². The molecular formula is C13H15BrN2O. The molecule has 90 valence electrons. The van der Waals surface area contributed by atoms with Gasteiger partial charge in [-0.15, -0.1) is 0 Å². The van der Waals surface area contributed by atoms with Crippen LogP contribution in [-0.4, -0.2) is 11.5 Å². The highest BCUT2D eigenvalue weighted by Gasteiger charge is 2.19. The topological polar surface area (TPSA) is 38.1 Å². The van der Waals surface area contributed by atoms with Gasteiger partial charge in [0.1, 0.15) is 5.76 Å². The highest BCUT2D eigenvalue weighted by Crippen LogP contribution is 2.29. The van der Waals surface area contributed by atoms with Crippen LogP contribution in [0.15, 0.2) is 39.7 Å². The first-order valence-electron chi connectivity index (χ1n) is 5.60. The maximum atomic E-state index is 5.54. The largest absolute Gasteiger partial charge is 0.466 e. The summed E-state index contributed by atoms with van der Waals surface area (Å²) in [6.07, 6.45) is 5.41. The van der Waals surface area contributed by atoms with E-state index in [-0.39, 0.29) is 6.04 Å². The van der Waals surface area contributed by atoms with E-state index < -0.39 is 0 Å². The summed E-state index contributed by atoms with van der Waals surface area (Å²) in [7, 11) is 0. The van der Waals surface area contributed by atoms with Gasteiger partial charge in [0.25, 0.3) is 0 Å². The number of pyridine rings is 1. The van der Waals surface area contributed by atoms with E-state index in [1.54, 1.807) is 6.26 Å².